The zero-order valence-corrected chi connectivity index (χ0v) is 12.5. The van der Waals surface area contributed by atoms with Gasteiger partial charge in [-0.05, 0) is 29.8 Å². The van der Waals surface area contributed by atoms with Gasteiger partial charge in [-0.25, -0.2) is 4.90 Å². The van der Waals surface area contributed by atoms with Gasteiger partial charge in [0.2, 0.25) is 0 Å². The Morgan fingerprint density at radius 3 is 1.86 bits per heavy atom. The molecule has 4 heteroatoms. The second kappa shape index (κ2) is 5.07. The van der Waals surface area contributed by atoms with Crippen LogP contribution in [0.3, 0.4) is 0 Å². The van der Waals surface area contributed by atoms with Crippen molar-refractivity contribution in [3.8, 4) is 0 Å². The number of benzene rings is 2. The van der Waals surface area contributed by atoms with Gasteiger partial charge in [-0.1, -0.05) is 38.1 Å². The third-order valence-electron chi connectivity index (χ3n) is 4.10. The maximum absolute atomic E-state index is 12.4. The molecule has 0 aliphatic carbocycles. The van der Waals surface area contributed by atoms with Crippen LogP contribution in [0.25, 0.3) is 0 Å². The van der Waals surface area contributed by atoms with E-state index < -0.39 is 0 Å². The van der Waals surface area contributed by atoms with Crippen LogP contribution in [-0.2, 0) is 5.41 Å². The predicted octanol–water partition coefficient (Wildman–Crippen LogP) is 2.76. The van der Waals surface area contributed by atoms with Gasteiger partial charge < -0.3 is 5.11 Å². The fourth-order valence-corrected chi connectivity index (χ4v) is 2.58. The molecule has 4 nitrogen and oxygen atoms in total. The van der Waals surface area contributed by atoms with Crippen LogP contribution in [-0.4, -0.2) is 23.5 Å². The number of anilines is 1. The second-order valence-corrected chi connectivity index (χ2v) is 6.08. The largest absolute Gasteiger partial charge is 0.395 e. The van der Waals surface area contributed by atoms with Crippen LogP contribution >= 0.6 is 0 Å². The third-order valence-corrected chi connectivity index (χ3v) is 4.10. The van der Waals surface area contributed by atoms with Crippen LogP contribution in [0, 0.1) is 0 Å². The number of imide groups is 1. The lowest BCUT2D eigenvalue weighted by molar-refractivity contribution is 0.0926. The molecule has 0 unspecified atom stereocenters. The Kier molecular flexibility index (Phi) is 3.34. The quantitative estimate of drug-likeness (QED) is 0.886. The van der Waals surface area contributed by atoms with E-state index in [-0.39, 0.29) is 23.8 Å². The summed E-state index contributed by atoms with van der Waals surface area (Å²) in [5.41, 5.74) is 2.01. The first-order valence-corrected chi connectivity index (χ1v) is 7.15. The predicted molar refractivity (Wildman–Crippen MR) is 84.1 cm³/mol. The Hall–Kier alpha value is -2.46. The van der Waals surface area contributed by atoms with Crippen molar-refractivity contribution >= 4 is 17.5 Å². The van der Waals surface area contributed by atoms with E-state index in [1.807, 2.05) is 26.0 Å². The lowest BCUT2D eigenvalue weighted by Gasteiger charge is -2.23. The summed E-state index contributed by atoms with van der Waals surface area (Å²) >= 11 is 0. The Morgan fingerprint density at radius 1 is 0.909 bits per heavy atom. The number of hydrogen-bond donors (Lipinski definition) is 1. The molecule has 1 N–H and O–H groups in total. The van der Waals surface area contributed by atoms with E-state index in [9.17, 15) is 14.7 Å². The Balaban J connectivity index is 1.97. The summed E-state index contributed by atoms with van der Waals surface area (Å²) in [5, 5.41) is 9.41. The first-order chi connectivity index (χ1) is 10.5. The summed E-state index contributed by atoms with van der Waals surface area (Å²) in [4.78, 5) is 26.0. The number of carbonyl (C=O) groups excluding carboxylic acids is 2. The molecule has 0 radical (unpaired) electrons. The Bertz CT molecular complexity index is 712. The van der Waals surface area contributed by atoms with Crippen molar-refractivity contribution in [2.75, 3.05) is 11.5 Å². The van der Waals surface area contributed by atoms with Crippen LogP contribution in [0.4, 0.5) is 5.69 Å². The first-order valence-electron chi connectivity index (χ1n) is 7.15. The van der Waals surface area contributed by atoms with Gasteiger partial charge in [0.15, 0.2) is 0 Å². The van der Waals surface area contributed by atoms with Gasteiger partial charge in [0.1, 0.15) is 0 Å². The smallest absolute Gasteiger partial charge is 0.266 e. The monoisotopic (exact) mass is 295 g/mol. The molecule has 0 saturated carbocycles. The lowest BCUT2D eigenvalue weighted by Crippen LogP contribution is -2.29. The average Bonchev–Trinajstić information content (AvgIpc) is 2.79. The van der Waals surface area contributed by atoms with Gasteiger partial charge in [-0.15, -0.1) is 0 Å². The molecule has 0 aromatic heterocycles. The minimum atomic E-state index is -0.361. The molecule has 0 fully saturated rings. The van der Waals surface area contributed by atoms with Crippen molar-refractivity contribution < 1.29 is 14.7 Å². The zero-order valence-electron chi connectivity index (χ0n) is 12.5. The standard InChI is InChI=1S/C18H17NO3/c1-18(2,11-20)12-7-9-13(10-8-12)19-16(21)14-5-3-4-6-15(14)17(19)22/h3-10,20H,11H2,1-2H3. The summed E-state index contributed by atoms with van der Waals surface area (Å²) in [6.07, 6.45) is 0. The number of rotatable bonds is 3. The number of fused-ring (bicyclic) bond motifs is 1. The zero-order chi connectivity index (χ0) is 15.9. The lowest BCUT2D eigenvalue weighted by atomic mass is 9.85. The van der Waals surface area contributed by atoms with Crippen LogP contribution in [0.2, 0.25) is 0 Å². The molecule has 0 atom stereocenters. The number of hydrogen-bond acceptors (Lipinski definition) is 3. The molecule has 3 rings (SSSR count). The van der Waals surface area contributed by atoms with E-state index in [1.54, 1.807) is 36.4 Å². The minimum Gasteiger partial charge on any atom is -0.395 e. The SMILES string of the molecule is CC(C)(CO)c1ccc(N2C(=O)c3ccccc3C2=O)cc1. The summed E-state index contributed by atoms with van der Waals surface area (Å²) in [7, 11) is 0. The van der Waals surface area contributed by atoms with Crippen molar-refractivity contribution in [1.29, 1.82) is 0 Å². The van der Waals surface area contributed by atoms with Crippen LogP contribution in [0.1, 0.15) is 40.1 Å². The van der Waals surface area contributed by atoms with Crippen molar-refractivity contribution in [3.63, 3.8) is 0 Å². The molecular formula is C18H17NO3. The number of nitrogens with zero attached hydrogens (tertiary/aromatic N) is 1. The van der Waals surface area contributed by atoms with Crippen molar-refractivity contribution in [3.05, 3.63) is 65.2 Å². The topological polar surface area (TPSA) is 57.6 Å². The number of aliphatic hydroxyl groups excluding tert-OH is 1. The molecule has 0 saturated heterocycles. The van der Waals surface area contributed by atoms with Gasteiger partial charge in [-0.2, -0.15) is 0 Å². The van der Waals surface area contributed by atoms with Crippen LogP contribution in [0.5, 0.6) is 0 Å². The third kappa shape index (κ3) is 2.12. The highest BCUT2D eigenvalue weighted by Crippen LogP contribution is 2.30. The van der Waals surface area contributed by atoms with Gasteiger partial charge in [0.05, 0.1) is 23.4 Å². The van der Waals surface area contributed by atoms with E-state index in [0.717, 1.165) is 5.56 Å². The molecule has 0 spiro atoms. The molecule has 0 bridgehead atoms. The summed E-state index contributed by atoms with van der Waals surface area (Å²) < 4.78 is 0. The van der Waals surface area contributed by atoms with E-state index >= 15 is 0 Å². The molecule has 2 aromatic carbocycles. The highest BCUT2D eigenvalue weighted by Gasteiger charge is 2.36. The van der Waals surface area contributed by atoms with Gasteiger partial charge >= 0.3 is 0 Å². The van der Waals surface area contributed by atoms with Gasteiger partial charge in [0.25, 0.3) is 11.8 Å². The van der Waals surface area contributed by atoms with Gasteiger partial charge in [0, 0.05) is 5.41 Å². The number of aliphatic hydroxyl groups is 1. The van der Waals surface area contributed by atoms with Crippen molar-refractivity contribution in [2.45, 2.75) is 19.3 Å². The molecule has 2 aromatic rings. The average molecular weight is 295 g/mol. The van der Waals surface area contributed by atoms with Crippen molar-refractivity contribution in [2.24, 2.45) is 0 Å². The van der Waals surface area contributed by atoms with Gasteiger partial charge in [-0.3, -0.25) is 9.59 Å². The summed E-state index contributed by atoms with van der Waals surface area (Å²) in [6.45, 7) is 3.90. The van der Waals surface area contributed by atoms with Crippen LogP contribution in [0.15, 0.2) is 48.5 Å². The van der Waals surface area contributed by atoms with E-state index in [0.29, 0.717) is 16.8 Å². The molecule has 1 heterocycles. The highest BCUT2D eigenvalue weighted by molar-refractivity contribution is 6.34. The molecule has 112 valence electrons. The fourth-order valence-electron chi connectivity index (χ4n) is 2.58. The Morgan fingerprint density at radius 2 is 1.41 bits per heavy atom. The van der Waals surface area contributed by atoms with E-state index in [4.69, 9.17) is 0 Å². The minimum absolute atomic E-state index is 0.0271. The molecule has 1 aliphatic rings. The molecule has 2 amide bonds. The maximum Gasteiger partial charge on any atom is 0.266 e. The maximum atomic E-state index is 12.4. The molecule has 22 heavy (non-hydrogen) atoms. The summed E-state index contributed by atoms with van der Waals surface area (Å²) in [6, 6.07) is 14.0. The molecule has 1 aliphatic heterocycles. The van der Waals surface area contributed by atoms with E-state index in [2.05, 4.69) is 0 Å². The number of amides is 2. The first kappa shape index (κ1) is 14.5. The highest BCUT2D eigenvalue weighted by atomic mass is 16.3. The Labute approximate surface area is 129 Å². The van der Waals surface area contributed by atoms with Crippen LogP contribution < -0.4 is 4.90 Å². The summed E-state index contributed by atoms with van der Waals surface area (Å²) in [5.74, 6) is -0.593. The normalized spacial score (nSPS) is 14.4. The van der Waals surface area contributed by atoms with Crippen molar-refractivity contribution in [1.82, 2.24) is 0 Å². The number of carbonyl (C=O) groups is 2. The fraction of sp³-hybridized carbons (Fsp3) is 0.222. The van der Waals surface area contributed by atoms with E-state index in [1.165, 1.54) is 4.90 Å². The second-order valence-electron chi connectivity index (χ2n) is 6.08. The molecular weight excluding hydrogens is 278 g/mol.